The second-order valence-electron chi connectivity index (χ2n) is 5.49. The number of hydrogen-bond donors (Lipinski definition) is 0. The third-order valence-electron chi connectivity index (χ3n) is 3.89. The predicted octanol–water partition coefficient (Wildman–Crippen LogP) is 1.45. The van der Waals surface area contributed by atoms with Crippen LogP contribution >= 0.6 is 0 Å². The molecule has 0 amide bonds. The molecule has 0 radical (unpaired) electrons. The summed E-state index contributed by atoms with van der Waals surface area (Å²) in [6.45, 7) is 2.72. The first kappa shape index (κ1) is 14.6. The summed E-state index contributed by atoms with van der Waals surface area (Å²) in [7, 11) is 0. The van der Waals surface area contributed by atoms with Gasteiger partial charge in [0.15, 0.2) is 0 Å². The van der Waals surface area contributed by atoms with E-state index in [4.69, 9.17) is 4.74 Å². The maximum absolute atomic E-state index is 5.72. The van der Waals surface area contributed by atoms with Gasteiger partial charge in [-0.2, -0.15) is 0 Å². The highest BCUT2D eigenvalue weighted by Crippen LogP contribution is 2.19. The van der Waals surface area contributed by atoms with Gasteiger partial charge in [0.2, 0.25) is 11.8 Å². The molecule has 0 fully saturated rings. The molecule has 0 spiro atoms. The zero-order valence-corrected chi connectivity index (χ0v) is 13.1. The van der Waals surface area contributed by atoms with E-state index >= 15 is 0 Å². The van der Waals surface area contributed by atoms with Crippen LogP contribution in [0.1, 0.15) is 17.8 Å². The zero-order chi connectivity index (χ0) is 16.2. The van der Waals surface area contributed by atoms with Crippen molar-refractivity contribution in [3.05, 3.63) is 54.2 Å². The molecule has 8 nitrogen and oxygen atoms in total. The maximum Gasteiger partial charge on any atom is 0.225 e. The molecule has 0 saturated heterocycles. The summed E-state index contributed by atoms with van der Waals surface area (Å²) in [5, 5.41) is 8.53. The Hall–Kier alpha value is -3.03. The van der Waals surface area contributed by atoms with E-state index in [1.807, 2.05) is 28.9 Å². The van der Waals surface area contributed by atoms with Crippen molar-refractivity contribution in [1.29, 1.82) is 0 Å². The number of aryl methyl sites for hydroxylation is 1. The van der Waals surface area contributed by atoms with Gasteiger partial charge >= 0.3 is 0 Å². The average Bonchev–Trinajstić information content (AvgIpc) is 2.89. The molecule has 0 bridgehead atoms. The van der Waals surface area contributed by atoms with Gasteiger partial charge in [0.1, 0.15) is 12.3 Å². The second kappa shape index (κ2) is 6.61. The summed E-state index contributed by atoms with van der Waals surface area (Å²) in [6, 6.07) is 7.39. The Morgan fingerprint density at radius 1 is 1.00 bits per heavy atom. The largest absolute Gasteiger partial charge is 0.471 e. The lowest BCUT2D eigenvalue weighted by molar-refractivity contribution is 0.288. The van der Waals surface area contributed by atoms with Crippen molar-refractivity contribution in [3.8, 4) is 5.88 Å². The fourth-order valence-corrected chi connectivity index (χ4v) is 2.70. The third-order valence-corrected chi connectivity index (χ3v) is 3.89. The predicted molar refractivity (Wildman–Crippen MR) is 86.3 cm³/mol. The van der Waals surface area contributed by atoms with E-state index in [1.165, 1.54) is 0 Å². The highest BCUT2D eigenvalue weighted by Gasteiger charge is 2.21. The van der Waals surface area contributed by atoms with Crippen molar-refractivity contribution >= 4 is 5.95 Å². The van der Waals surface area contributed by atoms with Crippen LogP contribution in [0.15, 0.2) is 42.9 Å². The Kier molecular flexibility index (Phi) is 4.01. The number of hydrogen-bond acceptors (Lipinski definition) is 7. The van der Waals surface area contributed by atoms with E-state index in [9.17, 15) is 0 Å². The lowest BCUT2D eigenvalue weighted by Gasteiger charge is -2.19. The Balaban J connectivity index is 1.54. The highest BCUT2D eigenvalue weighted by atomic mass is 16.5. The molecule has 0 aliphatic carbocycles. The Morgan fingerprint density at radius 2 is 1.88 bits per heavy atom. The molecule has 4 rings (SSSR count). The van der Waals surface area contributed by atoms with Gasteiger partial charge < -0.3 is 9.64 Å². The van der Waals surface area contributed by atoms with E-state index in [1.54, 1.807) is 18.6 Å². The minimum Gasteiger partial charge on any atom is -0.471 e. The molecule has 0 atom stereocenters. The van der Waals surface area contributed by atoms with Crippen LogP contribution in [0.4, 0.5) is 5.95 Å². The van der Waals surface area contributed by atoms with Gasteiger partial charge in [-0.3, -0.25) is 0 Å². The first-order valence-electron chi connectivity index (χ1n) is 7.87. The van der Waals surface area contributed by atoms with Gasteiger partial charge in [0, 0.05) is 37.7 Å². The van der Waals surface area contributed by atoms with E-state index in [2.05, 4.69) is 30.2 Å². The highest BCUT2D eigenvalue weighted by molar-refractivity contribution is 5.31. The van der Waals surface area contributed by atoms with Crippen LogP contribution in [-0.2, 0) is 19.7 Å². The van der Waals surface area contributed by atoms with Gasteiger partial charge in [-0.1, -0.05) is 11.3 Å². The van der Waals surface area contributed by atoms with Crippen LogP contribution in [0.25, 0.3) is 0 Å². The molecular formula is C16H17N7O. The molecule has 24 heavy (non-hydrogen) atoms. The van der Waals surface area contributed by atoms with Crippen molar-refractivity contribution < 1.29 is 4.74 Å². The van der Waals surface area contributed by atoms with Crippen molar-refractivity contribution in [2.45, 2.75) is 26.1 Å². The first-order valence-corrected chi connectivity index (χ1v) is 7.87. The van der Waals surface area contributed by atoms with Crippen molar-refractivity contribution in [1.82, 2.24) is 29.9 Å². The Labute approximate surface area is 139 Å². The summed E-state index contributed by atoms with van der Waals surface area (Å²) in [6.07, 6.45) is 6.19. The van der Waals surface area contributed by atoms with Crippen molar-refractivity contribution in [2.24, 2.45) is 0 Å². The molecule has 0 saturated carbocycles. The van der Waals surface area contributed by atoms with Crippen LogP contribution in [0, 0.1) is 0 Å². The minimum atomic E-state index is 0.343. The molecule has 3 aromatic rings. The van der Waals surface area contributed by atoms with Crippen LogP contribution in [0.3, 0.4) is 0 Å². The van der Waals surface area contributed by atoms with E-state index in [-0.39, 0.29) is 0 Å². The quantitative estimate of drug-likeness (QED) is 0.718. The second-order valence-corrected chi connectivity index (χ2v) is 5.49. The molecule has 3 aromatic heterocycles. The van der Waals surface area contributed by atoms with Gasteiger partial charge in [-0.15, -0.1) is 5.10 Å². The summed E-state index contributed by atoms with van der Waals surface area (Å²) < 4.78 is 7.67. The minimum absolute atomic E-state index is 0.343. The molecule has 4 heterocycles. The fraction of sp³-hybridized carbons (Fsp3) is 0.312. The maximum atomic E-state index is 5.72. The summed E-state index contributed by atoms with van der Waals surface area (Å²) in [5.41, 5.74) is 1.86. The van der Waals surface area contributed by atoms with Crippen LogP contribution in [0.2, 0.25) is 0 Å². The molecule has 0 unspecified atom stereocenters. The van der Waals surface area contributed by atoms with Crippen LogP contribution in [0.5, 0.6) is 5.88 Å². The molecule has 0 N–H and O–H groups in total. The van der Waals surface area contributed by atoms with Gasteiger partial charge in [-0.25, -0.2) is 19.6 Å². The molecule has 1 aliphatic rings. The number of aromatic nitrogens is 6. The zero-order valence-electron chi connectivity index (χ0n) is 13.1. The van der Waals surface area contributed by atoms with Crippen molar-refractivity contribution in [3.63, 3.8) is 0 Å². The number of rotatable bonds is 4. The van der Waals surface area contributed by atoms with Gasteiger partial charge in [0.05, 0.1) is 12.2 Å². The summed E-state index contributed by atoms with van der Waals surface area (Å²) in [5.74, 6) is 1.31. The smallest absolute Gasteiger partial charge is 0.225 e. The number of pyridine rings is 1. The third kappa shape index (κ3) is 3.03. The lowest BCUT2D eigenvalue weighted by atomic mass is 10.3. The van der Waals surface area contributed by atoms with E-state index in [0.29, 0.717) is 19.0 Å². The van der Waals surface area contributed by atoms with Crippen LogP contribution < -0.4 is 9.64 Å². The SMILES string of the molecule is c1ccc(OCc2nnn3c2CN(c2ncccn2)CCC3)nc1. The Bertz CT molecular complexity index is 791. The van der Waals surface area contributed by atoms with Crippen LogP contribution in [-0.4, -0.2) is 36.5 Å². The fourth-order valence-electron chi connectivity index (χ4n) is 2.70. The first-order chi connectivity index (χ1) is 11.9. The topological polar surface area (TPSA) is 81.9 Å². The molecule has 0 aromatic carbocycles. The number of anilines is 1. The number of ether oxygens (including phenoxy) is 1. The molecule has 122 valence electrons. The lowest BCUT2D eigenvalue weighted by Crippen LogP contribution is -2.25. The average molecular weight is 323 g/mol. The van der Waals surface area contributed by atoms with Gasteiger partial charge in [-0.05, 0) is 18.6 Å². The van der Waals surface area contributed by atoms with Crippen molar-refractivity contribution in [2.75, 3.05) is 11.4 Å². The monoisotopic (exact) mass is 323 g/mol. The summed E-state index contributed by atoms with van der Waals surface area (Å²) in [4.78, 5) is 15.0. The van der Waals surface area contributed by atoms with E-state index < -0.39 is 0 Å². The summed E-state index contributed by atoms with van der Waals surface area (Å²) >= 11 is 0. The number of fused-ring (bicyclic) bond motifs is 1. The van der Waals surface area contributed by atoms with Gasteiger partial charge in [0.25, 0.3) is 0 Å². The molecular weight excluding hydrogens is 306 g/mol. The Morgan fingerprint density at radius 3 is 2.71 bits per heavy atom. The number of nitrogens with zero attached hydrogens (tertiary/aromatic N) is 7. The molecule has 8 heteroatoms. The standard InChI is InChI=1S/C16H17N7O/c1-2-6-17-15(5-1)24-12-13-14-11-22(16-18-7-3-8-19-16)9-4-10-23(14)21-20-13/h1-3,5-8H,4,9-12H2. The van der Waals surface area contributed by atoms with E-state index in [0.717, 1.165) is 36.8 Å². The normalized spacial score (nSPS) is 14.1. The molecule has 1 aliphatic heterocycles.